The molecule has 1 atom stereocenters. The fourth-order valence-corrected chi connectivity index (χ4v) is 2.48. The number of hydrogen-bond donors (Lipinski definition) is 2. The number of rotatable bonds is 10. The molecule has 0 fully saturated rings. The number of hydrogen-bond acceptors (Lipinski definition) is 2. The Balaban J connectivity index is 2.04. The molecule has 122 valence electrons. The first kappa shape index (κ1) is 18.9. The molecule has 0 unspecified atom stereocenters. The summed E-state index contributed by atoms with van der Waals surface area (Å²) in [6.07, 6.45) is 4.63. The van der Waals surface area contributed by atoms with Gasteiger partial charge in [0.2, 0.25) is 5.91 Å². The van der Waals surface area contributed by atoms with Crippen LogP contribution in [0, 0.1) is 9.49 Å². The molecule has 0 aromatic heterocycles. The topological polar surface area (TPSA) is 66.4 Å². The lowest BCUT2D eigenvalue weighted by Gasteiger charge is -2.07. The SMILES string of the molecule is C[C@@H](CCCCNC(=O)CCCc1ccc(I)cc1)C(=O)O. The number of carboxylic acids is 1. The van der Waals surface area contributed by atoms with Gasteiger partial charge in [-0.3, -0.25) is 9.59 Å². The molecule has 0 saturated heterocycles. The predicted molar refractivity (Wildman–Crippen MR) is 95.8 cm³/mol. The molecular weight excluding hydrogens is 393 g/mol. The fourth-order valence-electron chi connectivity index (χ4n) is 2.12. The van der Waals surface area contributed by atoms with E-state index in [1.165, 1.54) is 9.13 Å². The van der Waals surface area contributed by atoms with Crippen LogP contribution in [0.2, 0.25) is 0 Å². The third-order valence-electron chi connectivity index (χ3n) is 3.59. The summed E-state index contributed by atoms with van der Waals surface area (Å²) in [6.45, 7) is 2.35. The van der Waals surface area contributed by atoms with E-state index < -0.39 is 5.97 Å². The Morgan fingerprint density at radius 3 is 2.50 bits per heavy atom. The summed E-state index contributed by atoms with van der Waals surface area (Å²) in [5, 5.41) is 11.7. The van der Waals surface area contributed by atoms with Crippen molar-refractivity contribution in [2.45, 2.75) is 45.4 Å². The molecule has 0 saturated carbocycles. The van der Waals surface area contributed by atoms with Gasteiger partial charge in [0.1, 0.15) is 0 Å². The maximum Gasteiger partial charge on any atom is 0.306 e. The van der Waals surface area contributed by atoms with E-state index in [0.717, 1.165) is 25.7 Å². The van der Waals surface area contributed by atoms with Crippen LogP contribution in [0.4, 0.5) is 0 Å². The maximum absolute atomic E-state index is 11.7. The Hall–Kier alpha value is -1.11. The molecule has 0 bridgehead atoms. The lowest BCUT2D eigenvalue weighted by molar-refractivity contribution is -0.141. The fraction of sp³-hybridized carbons (Fsp3) is 0.529. The molecular formula is C17H24INO3. The summed E-state index contributed by atoms with van der Waals surface area (Å²) in [7, 11) is 0. The molecule has 0 aliphatic rings. The molecule has 0 aliphatic carbocycles. The second kappa shape index (κ2) is 10.6. The van der Waals surface area contributed by atoms with Crippen LogP contribution in [0.15, 0.2) is 24.3 Å². The molecule has 0 aliphatic heterocycles. The van der Waals surface area contributed by atoms with Crippen LogP contribution in [0.1, 0.15) is 44.6 Å². The zero-order chi connectivity index (χ0) is 16.4. The van der Waals surface area contributed by atoms with Gasteiger partial charge in [0.25, 0.3) is 0 Å². The Morgan fingerprint density at radius 1 is 1.18 bits per heavy atom. The Morgan fingerprint density at radius 2 is 1.86 bits per heavy atom. The summed E-state index contributed by atoms with van der Waals surface area (Å²) in [5.41, 5.74) is 1.26. The lowest BCUT2D eigenvalue weighted by Crippen LogP contribution is -2.24. The summed E-state index contributed by atoms with van der Waals surface area (Å²) in [6, 6.07) is 8.36. The molecule has 1 amide bonds. The maximum atomic E-state index is 11.7. The van der Waals surface area contributed by atoms with E-state index in [1.54, 1.807) is 6.92 Å². The molecule has 22 heavy (non-hydrogen) atoms. The van der Waals surface area contributed by atoms with Gasteiger partial charge in [-0.25, -0.2) is 0 Å². The number of carboxylic acid groups (broad SMARTS) is 1. The normalized spacial score (nSPS) is 11.9. The third kappa shape index (κ3) is 8.36. The second-order valence-electron chi connectivity index (χ2n) is 5.57. The molecule has 5 heteroatoms. The zero-order valence-corrected chi connectivity index (χ0v) is 15.1. The quantitative estimate of drug-likeness (QED) is 0.452. The van der Waals surface area contributed by atoms with Crippen molar-refractivity contribution >= 4 is 34.5 Å². The van der Waals surface area contributed by atoms with Crippen LogP contribution in [0.5, 0.6) is 0 Å². The van der Waals surface area contributed by atoms with Crippen molar-refractivity contribution in [2.24, 2.45) is 5.92 Å². The highest BCUT2D eigenvalue weighted by atomic mass is 127. The van der Waals surface area contributed by atoms with Crippen LogP contribution < -0.4 is 5.32 Å². The number of carbonyl (C=O) groups is 2. The van der Waals surface area contributed by atoms with Gasteiger partial charge in [-0.1, -0.05) is 25.5 Å². The molecule has 1 rings (SSSR count). The summed E-state index contributed by atoms with van der Waals surface area (Å²) in [4.78, 5) is 22.3. The van der Waals surface area contributed by atoms with Gasteiger partial charge in [-0.05, 0) is 66.0 Å². The minimum Gasteiger partial charge on any atom is -0.481 e. The minimum atomic E-state index is -0.750. The average molecular weight is 417 g/mol. The van der Waals surface area contributed by atoms with Gasteiger partial charge >= 0.3 is 5.97 Å². The van der Waals surface area contributed by atoms with E-state index in [-0.39, 0.29) is 11.8 Å². The molecule has 0 spiro atoms. The molecule has 1 aromatic carbocycles. The Labute approximate surface area is 145 Å². The van der Waals surface area contributed by atoms with E-state index in [9.17, 15) is 9.59 Å². The number of amides is 1. The Kier molecular flexibility index (Phi) is 9.11. The van der Waals surface area contributed by atoms with Crippen molar-refractivity contribution in [1.82, 2.24) is 5.32 Å². The van der Waals surface area contributed by atoms with E-state index in [4.69, 9.17) is 5.11 Å². The van der Waals surface area contributed by atoms with Crippen molar-refractivity contribution in [1.29, 1.82) is 0 Å². The number of halogens is 1. The van der Waals surface area contributed by atoms with Crippen LogP contribution >= 0.6 is 22.6 Å². The number of aliphatic carboxylic acids is 1. The van der Waals surface area contributed by atoms with Crippen molar-refractivity contribution in [3.63, 3.8) is 0 Å². The monoisotopic (exact) mass is 417 g/mol. The van der Waals surface area contributed by atoms with Crippen molar-refractivity contribution in [3.8, 4) is 0 Å². The highest BCUT2D eigenvalue weighted by Crippen LogP contribution is 2.10. The molecule has 2 N–H and O–H groups in total. The average Bonchev–Trinajstić information content (AvgIpc) is 2.48. The van der Waals surface area contributed by atoms with Crippen molar-refractivity contribution in [2.75, 3.05) is 6.54 Å². The van der Waals surface area contributed by atoms with Crippen molar-refractivity contribution in [3.05, 3.63) is 33.4 Å². The van der Waals surface area contributed by atoms with Gasteiger partial charge < -0.3 is 10.4 Å². The predicted octanol–water partition coefficient (Wildman–Crippen LogP) is 3.62. The van der Waals surface area contributed by atoms with Crippen LogP contribution in [-0.4, -0.2) is 23.5 Å². The first-order valence-corrected chi connectivity index (χ1v) is 8.81. The largest absolute Gasteiger partial charge is 0.481 e. The third-order valence-corrected chi connectivity index (χ3v) is 4.31. The van der Waals surface area contributed by atoms with Crippen LogP contribution in [-0.2, 0) is 16.0 Å². The second-order valence-corrected chi connectivity index (χ2v) is 6.81. The van der Waals surface area contributed by atoms with E-state index in [1.807, 2.05) is 0 Å². The molecule has 0 heterocycles. The van der Waals surface area contributed by atoms with Crippen molar-refractivity contribution < 1.29 is 14.7 Å². The summed E-state index contributed by atoms with van der Waals surface area (Å²) >= 11 is 2.28. The zero-order valence-electron chi connectivity index (χ0n) is 13.0. The van der Waals surface area contributed by atoms with E-state index in [2.05, 4.69) is 52.2 Å². The van der Waals surface area contributed by atoms with Crippen LogP contribution in [0.25, 0.3) is 0 Å². The van der Waals surface area contributed by atoms with Gasteiger partial charge in [-0.15, -0.1) is 0 Å². The van der Waals surface area contributed by atoms with Crippen LogP contribution in [0.3, 0.4) is 0 Å². The smallest absolute Gasteiger partial charge is 0.306 e. The first-order chi connectivity index (χ1) is 10.5. The first-order valence-electron chi connectivity index (χ1n) is 7.73. The highest BCUT2D eigenvalue weighted by Gasteiger charge is 2.09. The number of unbranched alkanes of at least 4 members (excludes halogenated alkanes) is 1. The van der Waals surface area contributed by atoms with E-state index >= 15 is 0 Å². The molecule has 1 aromatic rings. The lowest BCUT2D eigenvalue weighted by atomic mass is 10.0. The number of carbonyl (C=O) groups excluding carboxylic acids is 1. The van der Waals surface area contributed by atoms with Gasteiger partial charge in [0.05, 0.1) is 5.92 Å². The van der Waals surface area contributed by atoms with Gasteiger partial charge in [0.15, 0.2) is 0 Å². The van der Waals surface area contributed by atoms with Gasteiger partial charge in [0, 0.05) is 16.5 Å². The van der Waals surface area contributed by atoms with E-state index in [0.29, 0.717) is 19.4 Å². The highest BCUT2D eigenvalue weighted by molar-refractivity contribution is 14.1. The number of nitrogens with one attached hydrogen (secondary N) is 1. The standard InChI is InChI=1S/C17H24INO3/c1-13(17(21)22)5-2-3-12-19-16(20)7-4-6-14-8-10-15(18)11-9-14/h8-11,13H,2-7,12H2,1H3,(H,19,20)(H,21,22)/t13-/m0/s1. The minimum absolute atomic E-state index is 0.0804. The summed E-state index contributed by atoms with van der Waals surface area (Å²) in [5.74, 6) is -0.971. The van der Waals surface area contributed by atoms with Gasteiger partial charge in [-0.2, -0.15) is 0 Å². The number of aryl methyl sites for hydroxylation is 1. The Bertz CT molecular complexity index is 473. The summed E-state index contributed by atoms with van der Waals surface area (Å²) < 4.78 is 1.22. The molecule has 0 radical (unpaired) electrons. The number of benzene rings is 1. The molecule has 4 nitrogen and oxygen atoms in total.